The van der Waals surface area contributed by atoms with Crippen LogP contribution in [-0.2, 0) is 0 Å². The van der Waals surface area contributed by atoms with E-state index in [9.17, 15) is 0 Å². The SMILES string of the molecule is CC1=CCCC=C1CC(C)(C)C. The minimum absolute atomic E-state index is 0.429. The van der Waals surface area contributed by atoms with Crippen molar-refractivity contribution >= 4 is 0 Å². The van der Waals surface area contributed by atoms with Gasteiger partial charge in [-0.2, -0.15) is 0 Å². The lowest BCUT2D eigenvalue weighted by Crippen LogP contribution is -2.08. The van der Waals surface area contributed by atoms with Gasteiger partial charge in [0.05, 0.1) is 0 Å². The van der Waals surface area contributed by atoms with Crippen molar-refractivity contribution < 1.29 is 0 Å². The Kier molecular flexibility index (Phi) is 2.76. The Morgan fingerprint density at radius 2 is 1.75 bits per heavy atom. The maximum absolute atomic E-state index is 2.40. The summed E-state index contributed by atoms with van der Waals surface area (Å²) >= 11 is 0. The average molecular weight is 164 g/mol. The molecular weight excluding hydrogens is 144 g/mol. The van der Waals surface area contributed by atoms with Gasteiger partial charge in [-0.3, -0.25) is 0 Å². The number of hydrogen-bond donors (Lipinski definition) is 0. The third kappa shape index (κ3) is 2.84. The molecule has 1 rings (SSSR count). The Bertz CT molecular complexity index is 211. The van der Waals surface area contributed by atoms with Crippen molar-refractivity contribution in [2.45, 2.75) is 47.0 Å². The smallest absolute Gasteiger partial charge is 0.0231 e. The second kappa shape index (κ2) is 3.47. The second-order valence-electron chi connectivity index (χ2n) is 4.93. The molecule has 0 atom stereocenters. The molecule has 0 spiro atoms. The van der Waals surface area contributed by atoms with E-state index < -0.39 is 0 Å². The second-order valence-corrected chi connectivity index (χ2v) is 4.93. The van der Waals surface area contributed by atoms with Crippen molar-refractivity contribution in [3.8, 4) is 0 Å². The highest BCUT2D eigenvalue weighted by atomic mass is 14.2. The average Bonchev–Trinajstić information content (AvgIpc) is 1.91. The monoisotopic (exact) mass is 164 g/mol. The van der Waals surface area contributed by atoms with Crippen LogP contribution < -0.4 is 0 Å². The van der Waals surface area contributed by atoms with E-state index in [0.29, 0.717) is 5.41 Å². The molecular formula is C12H20. The summed E-state index contributed by atoms with van der Waals surface area (Å²) in [5.41, 5.74) is 3.49. The van der Waals surface area contributed by atoms with E-state index in [2.05, 4.69) is 39.8 Å². The first-order valence-corrected chi connectivity index (χ1v) is 4.85. The molecule has 68 valence electrons. The van der Waals surface area contributed by atoms with Crippen molar-refractivity contribution in [3.63, 3.8) is 0 Å². The van der Waals surface area contributed by atoms with Crippen molar-refractivity contribution in [3.05, 3.63) is 23.3 Å². The maximum Gasteiger partial charge on any atom is -0.0231 e. The van der Waals surface area contributed by atoms with Crippen molar-refractivity contribution in [2.24, 2.45) is 5.41 Å². The zero-order valence-electron chi connectivity index (χ0n) is 8.78. The summed E-state index contributed by atoms with van der Waals surface area (Å²) in [5.74, 6) is 0. The summed E-state index contributed by atoms with van der Waals surface area (Å²) in [6.07, 6.45) is 8.46. The molecule has 0 unspecified atom stereocenters. The molecule has 0 aromatic rings. The number of hydrogen-bond acceptors (Lipinski definition) is 0. The predicted molar refractivity (Wildman–Crippen MR) is 55.1 cm³/mol. The Hall–Kier alpha value is -0.520. The molecule has 0 amide bonds. The molecule has 0 saturated carbocycles. The quantitative estimate of drug-likeness (QED) is 0.547. The molecule has 0 fully saturated rings. The van der Waals surface area contributed by atoms with E-state index in [4.69, 9.17) is 0 Å². The molecule has 0 heterocycles. The van der Waals surface area contributed by atoms with Crippen LogP contribution in [0.1, 0.15) is 47.0 Å². The molecule has 0 saturated heterocycles. The Labute approximate surface area is 76.4 Å². The zero-order valence-corrected chi connectivity index (χ0v) is 8.78. The zero-order chi connectivity index (χ0) is 9.19. The minimum Gasteiger partial charge on any atom is -0.0810 e. The maximum atomic E-state index is 2.40. The summed E-state index contributed by atoms with van der Waals surface area (Å²) in [7, 11) is 0. The lowest BCUT2D eigenvalue weighted by atomic mass is 9.83. The molecule has 1 aliphatic rings. The van der Waals surface area contributed by atoms with Crippen molar-refractivity contribution in [1.29, 1.82) is 0 Å². The van der Waals surface area contributed by atoms with Gasteiger partial charge in [0.1, 0.15) is 0 Å². The lowest BCUT2D eigenvalue weighted by Gasteiger charge is -2.22. The highest BCUT2D eigenvalue weighted by molar-refractivity contribution is 5.32. The van der Waals surface area contributed by atoms with Gasteiger partial charge in [0.25, 0.3) is 0 Å². The summed E-state index contributed by atoms with van der Waals surface area (Å²) in [4.78, 5) is 0. The fraction of sp³-hybridized carbons (Fsp3) is 0.667. The molecule has 0 heteroatoms. The molecule has 0 nitrogen and oxygen atoms in total. The Morgan fingerprint density at radius 1 is 1.17 bits per heavy atom. The van der Waals surface area contributed by atoms with Crippen molar-refractivity contribution in [1.82, 2.24) is 0 Å². The van der Waals surface area contributed by atoms with Crippen LogP contribution in [0, 0.1) is 5.41 Å². The highest BCUT2D eigenvalue weighted by Crippen LogP contribution is 2.30. The summed E-state index contributed by atoms with van der Waals surface area (Å²) in [6, 6.07) is 0. The topological polar surface area (TPSA) is 0 Å². The van der Waals surface area contributed by atoms with Crippen LogP contribution in [0.25, 0.3) is 0 Å². The molecule has 0 N–H and O–H groups in total. The molecule has 12 heavy (non-hydrogen) atoms. The first kappa shape index (κ1) is 9.57. The van der Waals surface area contributed by atoms with E-state index in [-0.39, 0.29) is 0 Å². The first-order chi connectivity index (χ1) is 5.49. The van der Waals surface area contributed by atoms with Gasteiger partial charge < -0.3 is 0 Å². The molecule has 0 bridgehead atoms. The van der Waals surface area contributed by atoms with E-state index in [1.165, 1.54) is 24.8 Å². The Morgan fingerprint density at radius 3 is 2.25 bits per heavy atom. The molecule has 0 radical (unpaired) electrons. The number of rotatable bonds is 1. The van der Waals surface area contributed by atoms with Gasteiger partial charge >= 0.3 is 0 Å². The van der Waals surface area contributed by atoms with Gasteiger partial charge in [0, 0.05) is 0 Å². The largest absolute Gasteiger partial charge is 0.0810 e. The fourth-order valence-corrected chi connectivity index (χ4v) is 1.63. The van der Waals surface area contributed by atoms with Crippen LogP contribution in [0.4, 0.5) is 0 Å². The van der Waals surface area contributed by atoms with Crippen LogP contribution in [0.15, 0.2) is 23.3 Å². The minimum atomic E-state index is 0.429. The number of allylic oxidation sites excluding steroid dienone is 4. The molecule has 1 aliphatic carbocycles. The van der Waals surface area contributed by atoms with Crippen molar-refractivity contribution in [2.75, 3.05) is 0 Å². The lowest BCUT2D eigenvalue weighted by molar-refractivity contribution is 0.410. The van der Waals surface area contributed by atoms with Gasteiger partial charge in [0.15, 0.2) is 0 Å². The van der Waals surface area contributed by atoms with Crippen LogP contribution in [-0.4, -0.2) is 0 Å². The van der Waals surface area contributed by atoms with Crippen LogP contribution >= 0.6 is 0 Å². The highest BCUT2D eigenvalue weighted by Gasteiger charge is 2.14. The Balaban J connectivity index is 2.64. The van der Waals surface area contributed by atoms with E-state index in [1.54, 1.807) is 5.57 Å². The van der Waals surface area contributed by atoms with Gasteiger partial charge in [-0.15, -0.1) is 0 Å². The van der Waals surface area contributed by atoms with Crippen LogP contribution in [0.2, 0.25) is 0 Å². The van der Waals surface area contributed by atoms with Gasteiger partial charge in [-0.1, -0.05) is 38.5 Å². The van der Waals surface area contributed by atoms with Crippen LogP contribution in [0.5, 0.6) is 0 Å². The summed E-state index contributed by atoms with van der Waals surface area (Å²) in [6.45, 7) is 9.14. The normalized spacial score (nSPS) is 18.7. The van der Waals surface area contributed by atoms with E-state index in [0.717, 1.165) is 0 Å². The predicted octanol–water partition coefficient (Wildman–Crippen LogP) is 4.09. The van der Waals surface area contributed by atoms with E-state index >= 15 is 0 Å². The van der Waals surface area contributed by atoms with E-state index in [1.807, 2.05) is 0 Å². The van der Waals surface area contributed by atoms with Gasteiger partial charge in [-0.25, -0.2) is 0 Å². The van der Waals surface area contributed by atoms with Gasteiger partial charge in [0.2, 0.25) is 0 Å². The third-order valence-corrected chi connectivity index (χ3v) is 2.24. The summed E-state index contributed by atoms with van der Waals surface area (Å²) in [5, 5.41) is 0. The standard InChI is InChI=1S/C12H20/c1-10-7-5-6-8-11(10)9-12(2,3)4/h7-8H,5-6,9H2,1-4H3. The molecule has 0 aliphatic heterocycles. The molecule has 0 aromatic heterocycles. The first-order valence-electron chi connectivity index (χ1n) is 4.85. The fourth-order valence-electron chi connectivity index (χ4n) is 1.63. The third-order valence-electron chi connectivity index (χ3n) is 2.24. The molecule has 0 aromatic carbocycles. The van der Waals surface area contributed by atoms with Crippen LogP contribution in [0.3, 0.4) is 0 Å². The van der Waals surface area contributed by atoms with Gasteiger partial charge in [-0.05, 0) is 37.2 Å². The summed E-state index contributed by atoms with van der Waals surface area (Å²) < 4.78 is 0.